The first-order chi connectivity index (χ1) is 11.3. The number of rotatable bonds is 2. The van der Waals surface area contributed by atoms with Crippen LogP contribution in [-0.4, -0.2) is 18.8 Å². The smallest absolute Gasteiger partial charge is 0.362 e. The van der Waals surface area contributed by atoms with E-state index < -0.39 is 10.4 Å². The summed E-state index contributed by atoms with van der Waals surface area (Å²) in [6, 6.07) is 5.28. The van der Waals surface area contributed by atoms with Crippen LogP contribution in [0.2, 0.25) is 0 Å². The molecule has 2 fully saturated rings. The molecule has 4 rings (SSSR count). The normalized spacial score (nSPS) is 35.1. The lowest BCUT2D eigenvalue weighted by molar-refractivity contribution is -0.129. The van der Waals surface area contributed by atoms with Crippen molar-refractivity contribution in [2.75, 3.05) is 0 Å². The number of hydrogen-bond donors (Lipinski definition) is 1. The highest BCUT2D eigenvalue weighted by atomic mass is 32.3. The summed E-state index contributed by atoms with van der Waals surface area (Å²) in [5.41, 5.74) is 2.23. The minimum atomic E-state index is -4.49. The van der Waals surface area contributed by atoms with E-state index in [2.05, 4.69) is 11.1 Å². The number of aryl methyl sites for hydroxylation is 1. The molecule has 0 amide bonds. The molecule has 3 aliphatic rings. The minimum Gasteiger partial charge on any atom is -0.362 e. The first kappa shape index (κ1) is 16.1. The average molecular weight is 350 g/mol. The van der Waals surface area contributed by atoms with Crippen molar-refractivity contribution in [3.63, 3.8) is 0 Å². The second kappa shape index (κ2) is 5.30. The first-order valence-corrected chi connectivity index (χ1v) is 9.97. The van der Waals surface area contributed by atoms with Crippen LogP contribution in [0, 0.1) is 17.3 Å². The molecule has 6 heteroatoms. The van der Waals surface area contributed by atoms with E-state index in [1.165, 1.54) is 5.56 Å². The Morgan fingerprint density at radius 3 is 2.75 bits per heavy atom. The van der Waals surface area contributed by atoms with Crippen LogP contribution in [0.1, 0.15) is 56.1 Å². The number of carbonyl (C=O) groups excluding carboxylic acids is 1. The van der Waals surface area contributed by atoms with Gasteiger partial charge in [0.2, 0.25) is 0 Å². The summed E-state index contributed by atoms with van der Waals surface area (Å²) in [5, 5.41) is 0. The molecule has 1 N–H and O–H groups in total. The molecular weight excluding hydrogens is 328 g/mol. The zero-order chi connectivity index (χ0) is 17.1. The van der Waals surface area contributed by atoms with Gasteiger partial charge in [-0.05, 0) is 73.1 Å². The number of ketones is 1. The molecule has 2 saturated carbocycles. The average Bonchev–Trinajstić information content (AvgIpc) is 2.81. The quantitative estimate of drug-likeness (QED) is 0.828. The molecular formula is C18H22O5S. The lowest BCUT2D eigenvalue weighted by atomic mass is 9.55. The Hall–Kier alpha value is -1.40. The van der Waals surface area contributed by atoms with Gasteiger partial charge in [-0.3, -0.25) is 9.35 Å². The number of fused-ring (bicyclic) bond motifs is 5. The van der Waals surface area contributed by atoms with E-state index >= 15 is 0 Å². The molecule has 24 heavy (non-hydrogen) atoms. The van der Waals surface area contributed by atoms with Gasteiger partial charge < -0.3 is 4.18 Å². The molecule has 5 nitrogen and oxygen atoms in total. The number of benzene rings is 1. The highest BCUT2D eigenvalue weighted by molar-refractivity contribution is 7.81. The van der Waals surface area contributed by atoms with E-state index in [0.29, 0.717) is 23.5 Å². The third-order valence-corrected chi connectivity index (χ3v) is 7.01. The molecule has 0 unspecified atom stereocenters. The van der Waals surface area contributed by atoms with Gasteiger partial charge in [0, 0.05) is 11.8 Å². The molecule has 0 bridgehead atoms. The molecule has 0 heterocycles. The van der Waals surface area contributed by atoms with Crippen LogP contribution in [0.3, 0.4) is 0 Å². The van der Waals surface area contributed by atoms with Crippen molar-refractivity contribution in [3.05, 3.63) is 29.3 Å². The Kier molecular flexibility index (Phi) is 3.55. The van der Waals surface area contributed by atoms with E-state index in [9.17, 15) is 13.2 Å². The summed E-state index contributed by atoms with van der Waals surface area (Å²) in [6.07, 6.45) is 5.57. The molecule has 0 saturated heterocycles. The highest BCUT2D eigenvalue weighted by Gasteiger charge is 2.54. The van der Waals surface area contributed by atoms with E-state index in [1.807, 2.05) is 6.07 Å². The van der Waals surface area contributed by atoms with Gasteiger partial charge in [0.1, 0.15) is 11.5 Å². The fraction of sp³-hybridized carbons (Fsp3) is 0.611. The fourth-order valence-electron chi connectivity index (χ4n) is 5.50. The van der Waals surface area contributed by atoms with Gasteiger partial charge in [-0.1, -0.05) is 13.0 Å². The van der Waals surface area contributed by atoms with Crippen molar-refractivity contribution in [2.45, 2.75) is 51.4 Å². The van der Waals surface area contributed by atoms with E-state index in [4.69, 9.17) is 4.55 Å². The van der Waals surface area contributed by atoms with Crippen LogP contribution in [0.25, 0.3) is 0 Å². The number of carbonyl (C=O) groups is 1. The number of Topliss-reactive ketones (excluding diaryl/α,β-unsaturated/α-hetero) is 1. The lowest BCUT2D eigenvalue weighted by Gasteiger charge is -2.48. The molecule has 0 aromatic heterocycles. The number of hydrogen-bond acceptors (Lipinski definition) is 4. The molecule has 4 atom stereocenters. The maximum Gasteiger partial charge on any atom is 0.446 e. The Balaban J connectivity index is 1.65. The monoisotopic (exact) mass is 350 g/mol. The van der Waals surface area contributed by atoms with Crippen LogP contribution < -0.4 is 4.18 Å². The third kappa shape index (κ3) is 2.47. The summed E-state index contributed by atoms with van der Waals surface area (Å²) < 4.78 is 35.2. The van der Waals surface area contributed by atoms with Crippen molar-refractivity contribution in [2.24, 2.45) is 17.3 Å². The fourth-order valence-corrected chi connectivity index (χ4v) is 5.85. The maximum absolute atomic E-state index is 12.3. The SMILES string of the molecule is C[C@@]12CC[C@@H]3c4ccc(OS(=O)(=O)O)cc4CC[C@H]3[C@H]1CCC2=O. The zero-order valence-corrected chi connectivity index (χ0v) is 14.5. The van der Waals surface area contributed by atoms with Gasteiger partial charge in [0.15, 0.2) is 0 Å². The van der Waals surface area contributed by atoms with Gasteiger partial charge in [-0.15, -0.1) is 0 Å². The van der Waals surface area contributed by atoms with Crippen LogP contribution in [-0.2, 0) is 21.6 Å². The van der Waals surface area contributed by atoms with E-state index in [0.717, 1.165) is 44.1 Å². The summed E-state index contributed by atoms with van der Waals surface area (Å²) in [6.45, 7) is 2.15. The molecule has 0 spiro atoms. The molecule has 1 aromatic carbocycles. The van der Waals surface area contributed by atoms with Gasteiger partial charge >= 0.3 is 10.4 Å². The van der Waals surface area contributed by atoms with Crippen LogP contribution >= 0.6 is 0 Å². The zero-order valence-electron chi connectivity index (χ0n) is 13.7. The summed E-state index contributed by atoms with van der Waals surface area (Å²) in [5.74, 6) is 2.05. The van der Waals surface area contributed by atoms with Crippen molar-refractivity contribution < 1.29 is 21.9 Å². The molecule has 130 valence electrons. The van der Waals surface area contributed by atoms with Gasteiger partial charge in [0.05, 0.1) is 0 Å². The van der Waals surface area contributed by atoms with Gasteiger partial charge in [-0.2, -0.15) is 8.42 Å². The summed E-state index contributed by atoms with van der Waals surface area (Å²) >= 11 is 0. The van der Waals surface area contributed by atoms with Crippen molar-refractivity contribution >= 4 is 16.2 Å². The topological polar surface area (TPSA) is 80.7 Å². The molecule has 0 radical (unpaired) electrons. The standard InChI is InChI=1S/C18H22O5S/c1-18-9-8-14-13-5-3-12(23-24(20,21)22)10-11(13)2-4-15(14)16(18)6-7-17(18)19/h3,5,10,14-16H,2,4,6-9H2,1H3,(H,20,21,22)/t14-,15-,16-,18-/m1/s1. The first-order valence-electron chi connectivity index (χ1n) is 8.61. The van der Waals surface area contributed by atoms with Gasteiger partial charge in [-0.25, -0.2) is 0 Å². The highest BCUT2D eigenvalue weighted by Crippen LogP contribution is 2.59. The van der Waals surface area contributed by atoms with E-state index in [-0.39, 0.29) is 11.2 Å². The van der Waals surface area contributed by atoms with Crippen molar-refractivity contribution in [3.8, 4) is 5.75 Å². The molecule has 1 aromatic rings. The predicted octanol–water partition coefficient (Wildman–Crippen LogP) is 3.29. The molecule has 0 aliphatic heterocycles. The second-order valence-electron chi connectivity index (χ2n) is 7.71. The maximum atomic E-state index is 12.3. The summed E-state index contributed by atoms with van der Waals surface area (Å²) in [7, 11) is -4.49. The Labute approximate surface area is 142 Å². The summed E-state index contributed by atoms with van der Waals surface area (Å²) in [4.78, 5) is 12.3. The van der Waals surface area contributed by atoms with Crippen LogP contribution in [0.4, 0.5) is 0 Å². The Bertz CT molecular complexity index is 800. The largest absolute Gasteiger partial charge is 0.446 e. The lowest BCUT2D eigenvalue weighted by Crippen LogP contribution is -2.42. The van der Waals surface area contributed by atoms with E-state index in [1.54, 1.807) is 12.1 Å². The van der Waals surface area contributed by atoms with Crippen molar-refractivity contribution in [1.82, 2.24) is 0 Å². The Morgan fingerprint density at radius 1 is 1.21 bits per heavy atom. The third-order valence-electron chi connectivity index (χ3n) is 6.61. The van der Waals surface area contributed by atoms with Crippen molar-refractivity contribution in [1.29, 1.82) is 0 Å². The predicted molar refractivity (Wildman–Crippen MR) is 88.2 cm³/mol. The Morgan fingerprint density at radius 2 is 2.00 bits per heavy atom. The minimum absolute atomic E-state index is 0.132. The van der Waals surface area contributed by atoms with Gasteiger partial charge in [0.25, 0.3) is 0 Å². The molecule has 3 aliphatic carbocycles. The van der Waals surface area contributed by atoms with Crippen LogP contribution in [0.15, 0.2) is 18.2 Å². The van der Waals surface area contributed by atoms with Crippen LogP contribution in [0.5, 0.6) is 5.75 Å². The second-order valence-corrected chi connectivity index (χ2v) is 8.73.